The lowest BCUT2D eigenvalue weighted by Gasteiger charge is -2.38. The zero-order chi connectivity index (χ0) is 30.3. The van der Waals surface area contributed by atoms with Crippen LogP contribution in [-0.2, 0) is 15.7 Å². The first-order chi connectivity index (χ1) is 20.6. The van der Waals surface area contributed by atoms with Gasteiger partial charge >= 0.3 is 6.18 Å². The largest absolute Gasteiger partial charge is 0.507 e. The molecule has 4 aromatic rings. The van der Waals surface area contributed by atoms with Gasteiger partial charge in [0.15, 0.2) is 5.69 Å². The third kappa shape index (κ3) is 5.46. The van der Waals surface area contributed by atoms with Gasteiger partial charge in [-0.05, 0) is 18.6 Å². The van der Waals surface area contributed by atoms with Crippen molar-refractivity contribution in [3.8, 4) is 28.6 Å². The molecule has 3 aromatic heterocycles. The van der Waals surface area contributed by atoms with Crippen LogP contribution in [0.5, 0.6) is 17.4 Å². The average molecular weight is 603 g/mol. The van der Waals surface area contributed by atoms with E-state index < -0.39 is 29.8 Å². The van der Waals surface area contributed by atoms with Crippen LogP contribution in [-0.4, -0.2) is 96.8 Å². The van der Waals surface area contributed by atoms with Crippen LogP contribution >= 0.6 is 0 Å². The molecule has 226 valence electrons. The number of aliphatic hydroxyl groups excluding tert-OH is 1. The normalized spacial score (nSPS) is 19.5. The van der Waals surface area contributed by atoms with E-state index >= 15 is 0 Å². The number of ether oxygens (including phenoxy) is 2. The van der Waals surface area contributed by atoms with Crippen molar-refractivity contribution in [3.63, 3.8) is 0 Å². The molecule has 5 heterocycles. The fourth-order valence-electron chi connectivity index (χ4n) is 5.20. The number of alkyl halides is 3. The summed E-state index contributed by atoms with van der Waals surface area (Å²) < 4.78 is 56.9. The summed E-state index contributed by atoms with van der Waals surface area (Å²) in [6, 6.07) is 4.04. The molecule has 0 unspecified atom stereocenters. The standard InChI is InChI=1S/C27H25F3N6O7/c28-27(29,30)22-18(13-42-33-22)19-12-32-23-24(31-4-5-36(19)23)43-15-1-2-16(20(37)11-15)25(39)34-6-8-35(9-7-34)26(40)17-3-10-41-14-21(17)38/h1-2,4-5,11-13,17,21,37-38H,3,6-10,14H2/t17-,21-/m0/s1. The summed E-state index contributed by atoms with van der Waals surface area (Å²) in [4.78, 5) is 37.4. The number of nitrogens with zero attached hydrogens (tertiary/aromatic N) is 6. The van der Waals surface area contributed by atoms with Crippen LogP contribution in [0.1, 0.15) is 22.5 Å². The molecule has 2 amide bonds. The van der Waals surface area contributed by atoms with E-state index in [1.54, 1.807) is 4.90 Å². The summed E-state index contributed by atoms with van der Waals surface area (Å²) in [7, 11) is 0. The lowest BCUT2D eigenvalue weighted by Crippen LogP contribution is -2.54. The maximum Gasteiger partial charge on any atom is 0.437 e. The summed E-state index contributed by atoms with van der Waals surface area (Å²) in [5.74, 6) is -1.45. The van der Waals surface area contributed by atoms with E-state index in [4.69, 9.17) is 9.47 Å². The van der Waals surface area contributed by atoms with Crippen LogP contribution < -0.4 is 4.74 Å². The van der Waals surface area contributed by atoms with Crippen molar-refractivity contribution in [3.05, 3.63) is 54.3 Å². The van der Waals surface area contributed by atoms with E-state index in [9.17, 15) is 33.0 Å². The number of hydrogen-bond acceptors (Lipinski definition) is 10. The maximum absolute atomic E-state index is 13.4. The number of phenols is 1. The summed E-state index contributed by atoms with van der Waals surface area (Å²) >= 11 is 0. The molecule has 2 fully saturated rings. The van der Waals surface area contributed by atoms with Crippen molar-refractivity contribution in [2.24, 2.45) is 5.92 Å². The van der Waals surface area contributed by atoms with Gasteiger partial charge in [-0.25, -0.2) is 9.97 Å². The SMILES string of the molecule is O=C(c1ccc(Oc2nccn3c(-c4conc4C(F)(F)F)cnc23)cc1O)N1CCN(C(=O)[C@H]2CCOC[C@@H]2O)CC1. The molecule has 2 N–H and O–H groups in total. The fraction of sp³-hybridized carbons (Fsp3) is 0.370. The number of benzene rings is 1. The zero-order valence-electron chi connectivity index (χ0n) is 22.4. The summed E-state index contributed by atoms with van der Waals surface area (Å²) in [6.45, 7) is 1.60. The van der Waals surface area contributed by atoms with Crippen molar-refractivity contribution in [2.75, 3.05) is 39.4 Å². The van der Waals surface area contributed by atoms with E-state index in [1.807, 2.05) is 0 Å². The minimum absolute atomic E-state index is 0.0216. The number of phenolic OH excluding ortho intramolecular Hbond substituents is 1. The van der Waals surface area contributed by atoms with Gasteiger partial charge in [-0.15, -0.1) is 0 Å². The third-order valence-corrected chi connectivity index (χ3v) is 7.45. The molecule has 0 spiro atoms. The number of aliphatic hydroxyl groups is 1. The van der Waals surface area contributed by atoms with Crippen molar-refractivity contribution in [1.82, 2.24) is 29.3 Å². The lowest BCUT2D eigenvalue weighted by atomic mass is 9.95. The number of imidazole rings is 1. The number of carbonyl (C=O) groups is 2. The molecule has 2 saturated heterocycles. The molecule has 1 aromatic carbocycles. The number of halogens is 3. The van der Waals surface area contributed by atoms with E-state index in [1.165, 1.54) is 46.1 Å². The highest BCUT2D eigenvalue weighted by atomic mass is 19.4. The first kappa shape index (κ1) is 28.4. The molecule has 2 atom stereocenters. The summed E-state index contributed by atoms with van der Waals surface area (Å²) in [6.07, 6.45) is -0.385. The van der Waals surface area contributed by atoms with Gasteiger partial charge in [0.1, 0.15) is 17.8 Å². The molecule has 16 heteroatoms. The maximum atomic E-state index is 13.4. The van der Waals surface area contributed by atoms with Crippen molar-refractivity contribution in [1.29, 1.82) is 0 Å². The Morgan fingerprint density at radius 3 is 2.58 bits per heavy atom. The number of fused-ring (bicyclic) bond motifs is 1. The third-order valence-electron chi connectivity index (χ3n) is 7.45. The van der Waals surface area contributed by atoms with Gasteiger partial charge in [0.25, 0.3) is 11.8 Å². The molecule has 0 saturated carbocycles. The van der Waals surface area contributed by atoms with Crippen molar-refractivity contribution in [2.45, 2.75) is 18.7 Å². The Bertz CT molecular complexity index is 1660. The number of rotatable bonds is 5. The van der Waals surface area contributed by atoms with Crippen molar-refractivity contribution >= 4 is 17.5 Å². The first-order valence-corrected chi connectivity index (χ1v) is 13.3. The first-order valence-electron chi connectivity index (χ1n) is 13.3. The van der Waals surface area contributed by atoms with Crippen LogP contribution in [0.2, 0.25) is 0 Å². The smallest absolute Gasteiger partial charge is 0.437 e. The fourth-order valence-corrected chi connectivity index (χ4v) is 5.20. The Kier molecular flexibility index (Phi) is 7.39. The molecule has 6 rings (SSSR count). The molecule has 2 aliphatic rings. The summed E-state index contributed by atoms with van der Waals surface area (Å²) in [5, 5.41) is 23.8. The van der Waals surface area contributed by atoms with Gasteiger partial charge < -0.3 is 34.0 Å². The number of amides is 2. The predicted octanol–water partition coefficient (Wildman–Crippen LogP) is 2.58. The summed E-state index contributed by atoms with van der Waals surface area (Å²) in [5.41, 5.74) is -1.36. The zero-order valence-corrected chi connectivity index (χ0v) is 22.4. The molecule has 0 radical (unpaired) electrons. The second-order valence-electron chi connectivity index (χ2n) is 10.1. The van der Waals surface area contributed by atoms with Gasteiger partial charge in [-0.1, -0.05) is 5.16 Å². The quantitative estimate of drug-likeness (QED) is 0.348. The second-order valence-corrected chi connectivity index (χ2v) is 10.1. The Morgan fingerprint density at radius 1 is 1.09 bits per heavy atom. The monoisotopic (exact) mass is 602 g/mol. The van der Waals surface area contributed by atoms with Gasteiger partial charge in [-0.2, -0.15) is 13.2 Å². The molecule has 2 aliphatic heterocycles. The molecule has 13 nitrogen and oxygen atoms in total. The molecular weight excluding hydrogens is 577 g/mol. The molecular formula is C27H25F3N6O7. The predicted molar refractivity (Wildman–Crippen MR) is 139 cm³/mol. The number of piperazine rings is 1. The van der Waals surface area contributed by atoms with Crippen LogP contribution in [0, 0.1) is 5.92 Å². The Balaban J connectivity index is 1.14. The van der Waals surface area contributed by atoms with Crippen LogP contribution in [0.15, 0.2) is 47.6 Å². The van der Waals surface area contributed by atoms with Crippen LogP contribution in [0.25, 0.3) is 16.9 Å². The van der Waals surface area contributed by atoms with E-state index in [-0.39, 0.29) is 78.5 Å². The Morgan fingerprint density at radius 2 is 1.86 bits per heavy atom. The minimum atomic E-state index is -4.74. The molecule has 0 bridgehead atoms. The highest BCUT2D eigenvalue weighted by molar-refractivity contribution is 5.97. The molecule has 0 aliphatic carbocycles. The lowest BCUT2D eigenvalue weighted by molar-refractivity contribution is -0.147. The average Bonchev–Trinajstić information content (AvgIpc) is 3.65. The minimum Gasteiger partial charge on any atom is -0.507 e. The van der Waals surface area contributed by atoms with Gasteiger partial charge in [0.2, 0.25) is 11.6 Å². The number of aromatic nitrogens is 4. The van der Waals surface area contributed by atoms with E-state index in [0.717, 1.165) is 6.26 Å². The highest BCUT2D eigenvalue weighted by Crippen LogP contribution is 2.37. The number of carbonyl (C=O) groups excluding carboxylic acids is 2. The Hall–Kier alpha value is -4.70. The van der Waals surface area contributed by atoms with Gasteiger partial charge in [0.05, 0.1) is 41.6 Å². The number of hydrogen-bond donors (Lipinski definition) is 2. The van der Waals surface area contributed by atoms with Crippen molar-refractivity contribution < 1.29 is 47.0 Å². The van der Waals surface area contributed by atoms with Gasteiger partial charge in [-0.3, -0.25) is 14.0 Å². The second kappa shape index (κ2) is 11.2. The van der Waals surface area contributed by atoms with E-state index in [0.29, 0.717) is 13.0 Å². The number of aromatic hydroxyl groups is 1. The van der Waals surface area contributed by atoms with Gasteiger partial charge in [0, 0.05) is 51.2 Å². The topological polar surface area (TPSA) is 156 Å². The highest BCUT2D eigenvalue weighted by Gasteiger charge is 2.39. The molecule has 43 heavy (non-hydrogen) atoms. The van der Waals surface area contributed by atoms with E-state index in [2.05, 4.69) is 19.6 Å². The van der Waals surface area contributed by atoms with Crippen LogP contribution in [0.4, 0.5) is 13.2 Å². The van der Waals surface area contributed by atoms with Crippen LogP contribution in [0.3, 0.4) is 0 Å². The Labute approximate surface area is 241 Å².